The zero-order chi connectivity index (χ0) is 8.36. The van der Waals surface area contributed by atoms with E-state index < -0.39 is 0 Å². The van der Waals surface area contributed by atoms with Gasteiger partial charge in [0.2, 0.25) is 0 Å². The summed E-state index contributed by atoms with van der Waals surface area (Å²) in [6, 6.07) is -0.0208. The summed E-state index contributed by atoms with van der Waals surface area (Å²) in [5.41, 5.74) is 3.22. The van der Waals surface area contributed by atoms with Crippen LogP contribution < -0.4 is 5.48 Å². The number of rotatable bonds is 2. The lowest BCUT2D eigenvalue weighted by Crippen LogP contribution is -2.38. The van der Waals surface area contributed by atoms with Gasteiger partial charge in [-0.15, -0.1) is 0 Å². The van der Waals surface area contributed by atoms with Crippen molar-refractivity contribution in [3.8, 4) is 0 Å². The van der Waals surface area contributed by atoms with Crippen LogP contribution in [0.1, 0.15) is 27.7 Å². The molecule has 0 heterocycles. The van der Waals surface area contributed by atoms with Crippen molar-refractivity contribution in [1.82, 2.24) is 5.48 Å². The summed E-state index contributed by atoms with van der Waals surface area (Å²) in [6.07, 6.45) is 0. The Bertz CT molecular complexity index is 124. The van der Waals surface area contributed by atoms with Crippen molar-refractivity contribution < 1.29 is 5.21 Å². The van der Waals surface area contributed by atoms with Crippen molar-refractivity contribution in [2.24, 2.45) is 5.41 Å². The lowest BCUT2D eigenvalue weighted by molar-refractivity contribution is 0.0902. The SMILES string of the molecule is C=C(C)C(NO)C(C)(C)C. The monoisotopic (exact) mass is 143 g/mol. The van der Waals surface area contributed by atoms with Crippen LogP contribution in [0.5, 0.6) is 0 Å². The van der Waals surface area contributed by atoms with Gasteiger partial charge in [0.05, 0.1) is 6.04 Å². The lowest BCUT2D eigenvalue weighted by atomic mass is 9.84. The number of hydroxylamine groups is 1. The Morgan fingerprint density at radius 3 is 1.90 bits per heavy atom. The molecular formula is C8H17NO. The summed E-state index contributed by atoms with van der Waals surface area (Å²) < 4.78 is 0. The quantitative estimate of drug-likeness (QED) is 0.457. The van der Waals surface area contributed by atoms with Gasteiger partial charge in [0.1, 0.15) is 0 Å². The van der Waals surface area contributed by atoms with Crippen molar-refractivity contribution in [2.45, 2.75) is 33.7 Å². The van der Waals surface area contributed by atoms with Gasteiger partial charge in [0.25, 0.3) is 0 Å². The normalized spacial score (nSPS) is 14.9. The van der Waals surface area contributed by atoms with Crippen LogP contribution in [-0.2, 0) is 0 Å². The average molecular weight is 143 g/mol. The number of hydrogen-bond acceptors (Lipinski definition) is 2. The van der Waals surface area contributed by atoms with Crippen LogP contribution in [0.4, 0.5) is 0 Å². The Morgan fingerprint density at radius 2 is 1.90 bits per heavy atom. The van der Waals surface area contributed by atoms with E-state index in [1.807, 2.05) is 6.92 Å². The molecule has 0 aliphatic carbocycles. The van der Waals surface area contributed by atoms with Crippen LogP contribution in [0.3, 0.4) is 0 Å². The van der Waals surface area contributed by atoms with E-state index in [2.05, 4.69) is 32.8 Å². The minimum atomic E-state index is -0.0208. The molecular weight excluding hydrogens is 126 g/mol. The maximum atomic E-state index is 8.72. The molecule has 2 nitrogen and oxygen atoms in total. The zero-order valence-electron chi connectivity index (χ0n) is 7.23. The van der Waals surface area contributed by atoms with Crippen LogP contribution in [-0.4, -0.2) is 11.2 Å². The van der Waals surface area contributed by atoms with Crippen LogP contribution in [0.2, 0.25) is 0 Å². The first-order valence-corrected chi connectivity index (χ1v) is 3.44. The van der Waals surface area contributed by atoms with Crippen molar-refractivity contribution >= 4 is 0 Å². The van der Waals surface area contributed by atoms with Gasteiger partial charge in [-0.1, -0.05) is 32.9 Å². The Kier molecular flexibility index (Phi) is 3.06. The Hall–Kier alpha value is -0.340. The van der Waals surface area contributed by atoms with Crippen molar-refractivity contribution in [2.75, 3.05) is 0 Å². The topological polar surface area (TPSA) is 32.3 Å². The molecule has 0 fully saturated rings. The smallest absolute Gasteiger partial charge is 0.0572 e. The van der Waals surface area contributed by atoms with E-state index in [1.165, 1.54) is 0 Å². The predicted octanol–water partition coefficient (Wildman–Crippen LogP) is 1.96. The molecule has 0 rings (SSSR count). The highest BCUT2D eigenvalue weighted by Crippen LogP contribution is 2.23. The summed E-state index contributed by atoms with van der Waals surface area (Å²) in [7, 11) is 0. The van der Waals surface area contributed by atoms with Gasteiger partial charge in [-0.25, -0.2) is 0 Å². The molecule has 0 saturated heterocycles. The Balaban J connectivity index is 4.22. The Labute approximate surface area is 62.9 Å². The third kappa shape index (κ3) is 2.50. The molecule has 10 heavy (non-hydrogen) atoms. The number of nitrogens with one attached hydrogen (secondary N) is 1. The molecule has 0 aromatic rings. The second-order valence-corrected chi connectivity index (χ2v) is 3.77. The molecule has 0 radical (unpaired) electrons. The molecule has 2 N–H and O–H groups in total. The lowest BCUT2D eigenvalue weighted by Gasteiger charge is -2.29. The van der Waals surface area contributed by atoms with Gasteiger partial charge in [-0.3, -0.25) is 0 Å². The van der Waals surface area contributed by atoms with Gasteiger partial charge in [0, 0.05) is 0 Å². The molecule has 0 aromatic carbocycles. The Morgan fingerprint density at radius 1 is 1.50 bits per heavy atom. The third-order valence-corrected chi connectivity index (χ3v) is 1.49. The first-order chi connectivity index (χ1) is 4.39. The standard InChI is InChI=1S/C8H17NO/c1-6(2)7(9-10)8(3,4)5/h7,9-10H,1H2,2-5H3. The summed E-state index contributed by atoms with van der Waals surface area (Å²) in [5.74, 6) is 0. The largest absolute Gasteiger partial charge is 0.316 e. The van der Waals surface area contributed by atoms with Gasteiger partial charge >= 0.3 is 0 Å². The van der Waals surface area contributed by atoms with E-state index in [0.717, 1.165) is 5.57 Å². The average Bonchev–Trinajstić information content (AvgIpc) is 1.60. The van der Waals surface area contributed by atoms with Crippen LogP contribution in [0, 0.1) is 5.41 Å². The minimum absolute atomic E-state index is 0.0208. The highest BCUT2D eigenvalue weighted by molar-refractivity contribution is 5.05. The molecule has 0 saturated carbocycles. The zero-order valence-corrected chi connectivity index (χ0v) is 7.23. The maximum absolute atomic E-state index is 8.72. The third-order valence-electron chi connectivity index (χ3n) is 1.49. The molecule has 0 aromatic heterocycles. The van der Waals surface area contributed by atoms with Crippen molar-refractivity contribution in [1.29, 1.82) is 0 Å². The van der Waals surface area contributed by atoms with E-state index in [4.69, 9.17) is 5.21 Å². The number of hydrogen-bond donors (Lipinski definition) is 2. The van der Waals surface area contributed by atoms with Crippen molar-refractivity contribution in [3.05, 3.63) is 12.2 Å². The van der Waals surface area contributed by atoms with E-state index in [1.54, 1.807) is 0 Å². The molecule has 0 aliphatic rings. The van der Waals surface area contributed by atoms with Gasteiger partial charge < -0.3 is 5.21 Å². The molecule has 1 unspecified atom stereocenters. The van der Waals surface area contributed by atoms with E-state index in [0.29, 0.717) is 0 Å². The molecule has 0 bridgehead atoms. The summed E-state index contributed by atoms with van der Waals surface area (Å²) >= 11 is 0. The predicted molar refractivity (Wildman–Crippen MR) is 43.0 cm³/mol. The second kappa shape index (κ2) is 3.17. The maximum Gasteiger partial charge on any atom is 0.0572 e. The van der Waals surface area contributed by atoms with Crippen molar-refractivity contribution in [3.63, 3.8) is 0 Å². The fourth-order valence-corrected chi connectivity index (χ4v) is 1.04. The van der Waals surface area contributed by atoms with Crippen LogP contribution in [0.15, 0.2) is 12.2 Å². The van der Waals surface area contributed by atoms with Gasteiger partial charge in [-0.2, -0.15) is 5.48 Å². The second-order valence-electron chi connectivity index (χ2n) is 3.77. The van der Waals surface area contributed by atoms with E-state index >= 15 is 0 Å². The fraction of sp³-hybridized carbons (Fsp3) is 0.750. The molecule has 0 spiro atoms. The van der Waals surface area contributed by atoms with Crippen LogP contribution >= 0.6 is 0 Å². The first kappa shape index (κ1) is 9.66. The molecule has 1 atom stereocenters. The molecule has 2 heteroatoms. The van der Waals surface area contributed by atoms with E-state index in [9.17, 15) is 0 Å². The molecule has 60 valence electrons. The van der Waals surface area contributed by atoms with Gasteiger partial charge in [-0.05, 0) is 12.3 Å². The summed E-state index contributed by atoms with van der Waals surface area (Å²) in [6.45, 7) is 11.8. The van der Waals surface area contributed by atoms with Gasteiger partial charge in [0.15, 0.2) is 0 Å². The fourth-order valence-electron chi connectivity index (χ4n) is 1.04. The highest BCUT2D eigenvalue weighted by Gasteiger charge is 2.23. The first-order valence-electron chi connectivity index (χ1n) is 3.44. The summed E-state index contributed by atoms with van der Waals surface area (Å²) in [5, 5.41) is 8.72. The highest BCUT2D eigenvalue weighted by atomic mass is 16.5. The van der Waals surface area contributed by atoms with Crippen LogP contribution in [0.25, 0.3) is 0 Å². The van der Waals surface area contributed by atoms with E-state index in [-0.39, 0.29) is 11.5 Å². The summed E-state index contributed by atoms with van der Waals surface area (Å²) in [4.78, 5) is 0. The minimum Gasteiger partial charge on any atom is -0.316 e. The molecule has 0 amide bonds. The molecule has 0 aliphatic heterocycles.